The Bertz CT molecular complexity index is 893. The first kappa shape index (κ1) is 19.8. The molecule has 3 rings (SSSR count). The van der Waals surface area contributed by atoms with Crippen molar-refractivity contribution in [2.45, 2.75) is 32.6 Å². The van der Waals surface area contributed by atoms with Gasteiger partial charge >= 0.3 is 0 Å². The highest BCUT2D eigenvalue weighted by Gasteiger charge is 2.16. The molecule has 0 spiro atoms. The number of rotatable bonds is 8. The van der Waals surface area contributed by atoms with Crippen LogP contribution >= 0.6 is 0 Å². The van der Waals surface area contributed by atoms with Crippen molar-refractivity contribution in [3.63, 3.8) is 0 Å². The average Bonchev–Trinajstić information content (AvgIpc) is 2.70. The zero-order valence-electron chi connectivity index (χ0n) is 16.9. The van der Waals surface area contributed by atoms with E-state index in [1.54, 1.807) is 0 Å². The molecule has 0 atom stereocenters. The maximum atomic E-state index is 5.93. The molecule has 2 heteroatoms. The van der Waals surface area contributed by atoms with Gasteiger partial charge in [0.2, 0.25) is 0 Å². The molecule has 0 aliphatic heterocycles. The monoisotopic (exact) mass is 372 g/mol. The van der Waals surface area contributed by atoms with E-state index in [0.29, 0.717) is 6.61 Å². The highest BCUT2D eigenvalue weighted by molar-refractivity contribution is 5.36. The lowest BCUT2D eigenvalue weighted by atomic mass is 9.84. The molecule has 0 fully saturated rings. The van der Waals surface area contributed by atoms with Crippen LogP contribution < -0.4 is 9.47 Å². The molecule has 0 aliphatic carbocycles. The molecule has 0 N–H and O–H groups in total. The van der Waals surface area contributed by atoms with E-state index in [9.17, 15) is 0 Å². The number of hydrogen-bond acceptors (Lipinski definition) is 2. The van der Waals surface area contributed by atoms with E-state index in [4.69, 9.17) is 9.47 Å². The molecule has 0 saturated carbocycles. The highest BCUT2D eigenvalue weighted by Crippen LogP contribution is 2.27. The lowest BCUT2D eigenvalue weighted by molar-refractivity contribution is 0.340. The number of ether oxygens (including phenoxy) is 2. The van der Waals surface area contributed by atoms with Crippen LogP contribution in [0.2, 0.25) is 0 Å². The zero-order valence-corrected chi connectivity index (χ0v) is 16.9. The first-order valence-electron chi connectivity index (χ1n) is 9.80. The van der Waals surface area contributed by atoms with E-state index in [-0.39, 0.29) is 5.41 Å². The van der Waals surface area contributed by atoms with Crippen LogP contribution in [0.15, 0.2) is 91.0 Å². The van der Waals surface area contributed by atoms with Crippen LogP contribution in [-0.2, 0) is 11.8 Å². The van der Waals surface area contributed by atoms with Crippen LogP contribution in [-0.4, -0.2) is 6.61 Å². The average molecular weight is 373 g/mol. The number of hydrogen-bond donors (Lipinski definition) is 0. The normalized spacial score (nSPS) is 11.5. The molecule has 0 bridgehead atoms. The second-order valence-electron chi connectivity index (χ2n) is 7.35. The molecule has 0 saturated heterocycles. The summed E-state index contributed by atoms with van der Waals surface area (Å²) in [7, 11) is 0. The van der Waals surface area contributed by atoms with Crippen molar-refractivity contribution in [3.8, 4) is 17.2 Å². The summed E-state index contributed by atoms with van der Waals surface area (Å²) >= 11 is 0. The molecule has 0 heterocycles. The Balaban J connectivity index is 1.64. The molecule has 0 unspecified atom stereocenters. The third-order valence-corrected chi connectivity index (χ3v) is 4.67. The van der Waals surface area contributed by atoms with Crippen LogP contribution in [0.1, 0.15) is 31.9 Å². The van der Waals surface area contributed by atoms with Gasteiger partial charge in [0.15, 0.2) is 0 Å². The van der Waals surface area contributed by atoms with E-state index in [1.165, 1.54) is 11.1 Å². The van der Waals surface area contributed by atoms with E-state index in [1.807, 2.05) is 61.5 Å². The predicted molar refractivity (Wildman–Crippen MR) is 116 cm³/mol. The van der Waals surface area contributed by atoms with Gasteiger partial charge < -0.3 is 9.47 Å². The van der Waals surface area contributed by atoms with Gasteiger partial charge in [0, 0.05) is 5.41 Å². The van der Waals surface area contributed by atoms with E-state index >= 15 is 0 Å². The first-order chi connectivity index (χ1) is 13.6. The summed E-state index contributed by atoms with van der Waals surface area (Å²) < 4.78 is 11.5. The van der Waals surface area contributed by atoms with Gasteiger partial charge in [-0.05, 0) is 60.9 Å². The summed E-state index contributed by atoms with van der Waals surface area (Å²) in [5, 5.41) is 0. The summed E-state index contributed by atoms with van der Waals surface area (Å²) in [6.45, 7) is 7.15. The van der Waals surface area contributed by atoms with Gasteiger partial charge in [0.05, 0.1) is 6.61 Å². The summed E-state index contributed by atoms with van der Waals surface area (Å²) in [5.74, 6) is 2.64. The molecule has 0 radical (unpaired) electrons. The fraction of sp³-hybridized carbons (Fsp3) is 0.231. The lowest BCUT2D eigenvalue weighted by Crippen LogP contribution is -2.13. The summed E-state index contributed by atoms with van der Waals surface area (Å²) in [4.78, 5) is 0. The molecule has 3 aromatic carbocycles. The van der Waals surface area contributed by atoms with Crippen molar-refractivity contribution < 1.29 is 9.47 Å². The van der Waals surface area contributed by atoms with Gasteiger partial charge in [0.25, 0.3) is 0 Å². The third-order valence-electron chi connectivity index (χ3n) is 4.67. The quantitative estimate of drug-likeness (QED) is 0.398. The van der Waals surface area contributed by atoms with Gasteiger partial charge in [-0.2, -0.15) is 0 Å². The van der Waals surface area contributed by atoms with Crippen molar-refractivity contribution in [2.24, 2.45) is 0 Å². The van der Waals surface area contributed by atoms with Crippen molar-refractivity contribution in [1.82, 2.24) is 0 Å². The fourth-order valence-corrected chi connectivity index (χ4v) is 3.09. The largest absolute Gasteiger partial charge is 0.494 e. The van der Waals surface area contributed by atoms with Crippen LogP contribution in [0.4, 0.5) is 0 Å². The van der Waals surface area contributed by atoms with Crippen LogP contribution in [0.25, 0.3) is 0 Å². The molecule has 0 aromatic heterocycles. The van der Waals surface area contributed by atoms with Gasteiger partial charge in [-0.3, -0.25) is 0 Å². The zero-order chi connectivity index (χ0) is 19.8. The second kappa shape index (κ2) is 9.27. The molecule has 0 amide bonds. The molecule has 144 valence electrons. The molecular weight excluding hydrogens is 344 g/mol. The molecule has 2 nitrogen and oxygen atoms in total. The number of para-hydroxylation sites is 1. The van der Waals surface area contributed by atoms with Crippen molar-refractivity contribution in [1.29, 1.82) is 0 Å². The minimum absolute atomic E-state index is 0.0388. The topological polar surface area (TPSA) is 18.5 Å². The van der Waals surface area contributed by atoms with Gasteiger partial charge in [-0.25, -0.2) is 0 Å². The first-order valence-corrected chi connectivity index (χ1v) is 9.80. The minimum Gasteiger partial charge on any atom is -0.494 e. The van der Waals surface area contributed by atoms with E-state index < -0.39 is 0 Å². The molecular formula is C26H28O2. The number of allylic oxidation sites excluding steroid dienone is 2. The Hall–Kier alpha value is -3.00. The molecule has 3 aromatic rings. The third kappa shape index (κ3) is 5.50. The fourth-order valence-electron chi connectivity index (χ4n) is 3.09. The van der Waals surface area contributed by atoms with Gasteiger partial charge in [0.1, 0.15) is 17.2 Å². The van der Waals surface area contributed by atoms with Crippen molar-refractivity contribution >= 4 is 0 Å². The maximum Gasteiger partial charge on any atom is 0.127 e. The van der Waals surface area contributed by atoms with Gasteiger partial charge in [-0.1, -0.05) is 68.5 Å². The highest BCUT2D eigenvalue weighted by atomic mass is 16.5. The summed E-state index contributed by atoms with van der Waals surface area (Å²) in [6.07, 6.45) is 5.37. The second-order valence-corrected chi connectivity index (χ2v) is 7.35. The van der Waals surface area contributed by atoms with Crippen LogP contribution in [0.5, 0.6) is 17.2 Å². The summed E-state index contributed by atoms with van der Waals surface area (Å²) in [6, 6.07) is 26.5. The SMILES string of the molecule is CCOc1ccc(C(C)(C)C=CCc2cccc(Oc3ccccc3)c2)cc1. The van der Waals surface area contributed by atoms with Crippen molar-refractivity contribution in [2.75, 3.05) is 6.61 Å². The van der Waals surface area contributed by atoms with Crippen molar-refractivity contribution in [3.05, 3.63) is 102 Å². The standard InChI is InChI=1S/C26H28O2/c1-4-27-23-17-15-22(16-18-23)26(2,3)19-9-11-21-10-8-14-25(20-21)28-24-12-6-5-7-13-24/h5-10,12-20H,4,11H2,1-3H3. The Kier molecular flexibility index (Phi) is 6.54. The van der Waals surface area contributed by atoms with Crippen LogP contribution in [0.3, 0.4) is 0 Å². The minimum atomic E-state index is -0.0388. The molecule has 0 aliphatic rings. The van der Waals surface area contributed by atoms with Gasteiger partial charge in [-0.15, -0.1) is 0 Å². The Labute approximate surface area is 168 Å². The Morgan fingerprint density at radius 3 is 2.21 bits per heavy atom. The Morgan fingerprint density at radius 2 is 1.50 bits per heavy atom. The maximum absolute atomic E-state index is 5.93. The molecule has 28 heavy (non-hydrogen) atoms. The number of benzene rings is 3. The summed E-state index contributed by atoms with van der Waals surface area (Å²) in [5.41, 5.74) is 2.46. The van der Waals surface area contributed by atoms with E-state index in [0.717, 1.165) is 23.7 Å². The Morgan fingerprint density at radius 1 is 0.786 bits per heavy atom. The lowest BCUT2D eigenvalue weighted by Gasteiger charge is -2.21. The van der Waals surface area contributed by atoms with Crippen LogP contribution in [0, 0.1) is 0 Å². The van der Waals surface area contributed by atoms with E-state index in [2.05, 4.69) is 50.3 Å². The smallest absolute Gasteiger partial charge is 0.127 e. The predicted octanol–water partition coefficient (Wildman–Crippen LogP) is 6.95.